The van der Waals surface area contributed by atoms with Gasteiger partial charge < -0.3 is 10.1 Å². The van der Waals surface area contributed by atoms with Gasteiger partial charge in [-0.25, -0.2) is 0 Å². The van der Waals surface area contributed by atoms with E-state index in [9.17, 15) is 0 Å². The number of halogens is 1. The third-order valence-electron chi connectivity index (χ3n) is 3.07. The number of ether oxygens (including phenoxy) is 1. The summed E-state index contributed by atoms with van der Waals surface area (Å²) in [5.74, 6) is 1.02. The number of aryl methyl sites for hydroxylation is 1. The second kappa shape index (κ2) is 4.64. The van der Waals surface area contributed by atoms with Crippen molar-refractivity contribution < 1.29 is 4.74 Å². The first-order valence-corrected chi connectivity index (χ1v) is 6.25. The van der Waals surface area contributed by atoms with Crippen molar-refractivity contribution in [3.05, 3.63) is 28.3 Å². The molecule has 0 saturated carbocycles. The van der Waals surface area contributed by atoms with Crippen LogP contribution in [0.3, 0.4) is 0 Å². The Bertz CT molecular complexity index is 392. The molecular weight excluding hydrogens is 222 g/mol. The molecule has 1 aromatic carbocycles. The second-order valence-corrected chi connectivity index (χ2v) is 4.68. The van der Waals surface area contributed by atoms with Crippen LogP contribution in [-0.2, 0) is 0 Å². The van der Waals surface area contributed by atoms with Gasteiger partial charge in [-0.1, -0.05) is 25.4 Å². The highest BCUT2D eigenvalue weighted by molar-refractivity contribution is 6.30. The van der Waals surface area contributed by atoms with Gasteiger partial charge in [0.05, 0.1) is 6.04 Å². The monoisotopic (exact) mass is 239 g/mol. The summed E-state index contributed by atoms with van der Waals surface area (Å²) >= 11 is 6.10. The van der Waals surface area contributed by atoms with Crippen molar-refractivity contribution in [1.82, 2.24) is 5.32 Å². The van der Waals surface area contributed by atoms with E-state index in [-0.39, 0.29) is 12.1 Å². The summed E-state index contributed by atoms with van der Waals surface area (Å²) in [5, 5.41) is 4.26. The highest BCUT2D eigenvalue weighted by Crippen LogP contribution is 2.41. The van der Waals surface area contributed by atoms with E-state index >= 15 is 0 Å². The van der Waals surface area contributed by atoms with Crippen LogP contribution in [0, 0.1) is 6.92 Å². The average Bonchev–Trinajstić information content (AvgIpc) is 2.58. The molecule has 3 heteroatoms. The van der Waals surface area contributed by atoms with Crippen molar-refractivity contribution in [2.75, 3.05) is 6.54 Å². The molecule has 2 unspecified atom stereocenters. The molecular formula is C13H18ClNO. The van der Waals surface area contributed by atoms with Crippen molar-refractivity contribution >= 4 is 11.6 Å². The maximum atomic E-state index is 6.10. The zero-order chi connectivity index (χ0) is 11.7. The summed E-state index contributed by atoms with van der Waals surface area (Å²) in [6.07, 6.45) is 1.23. The van der Waals surface area contributed by atoms with Crippen LogP contribution >= 0.6 is 11.6 Å². The molecule has 1 N–H and O–H groups in total. The van der Waals surface area contributed by atoms with Crippen molar-refractivity contribution in [3.63, 3.8) is 0 Å². The number of fused-ring (bicyclic) bond motifs is 1. The Morgan fingerprint density at radius 3 is 2.75 bits per heavy atom. The van der Waals surface area contributed by atoms with E-state index in [1.165, 1.54) is 5.56 Å². The van der Waals surface area contributed by atoms with Gasteiger partial charge in [-0.05, 0) is 37.6 Å². The lowest BCUT2D eigenvalue weighted by Crippen LogP contribution is -2.30. The van der Waals surface area contributed by atoms with E-state index in [1.54, 1.807) is 0 Å². The minimum Gasteiger partial charge on any atom is -0.488 e. The Labute approximate surface area is 102 Å². The highest BCUT2D eigenvalue weighted by Gasteiger charge is 2.33. The van der Waals surface area contributed by atoms with Crippen molar-refractivity contribution in [2.24, 2.45) is 0 Å². The summed E-state index contributed by atoms with van der Waals surface area (Å²) in [5.41, 5.74) is 2.33. The van der Waals surface area contributed by atoms with Gasteiger partial charge in [0.15, 0.2) is 0 Å². The minimum absolute atomic E-state index is 0.229. The molecule has 1 aliphatic heterocycles. The maximum absolute atomic E-state index is 6.10. The first-order valence-electron chi connectivity index (χ1n) is 5.87. The van der Waals surface area contributed by atoms with E-state index in [1.807, 2.05) is 19.1 Å². The number of nitrogens with one attached hydrogen (secondary N) is 1. The minimum atomic E-state index is 0.229. The Morgan fingerprint density at radius 2 is 2.12 bits per heavy atom. The zero-order valence-corrected chi connectivity index (χ0v) is 10.8. The quantitative estimate of drug-likeness (QED) is 0.872. The van der Waals surface area contributed by atoms with E-state index < -0.39 is 0 Å². The molecule has 0 aliphatic carbocycles. The van der Waals surface area contributed by atoms with Crippen molar-refractivity contribution in [1.29, 1.82) is 0 Å². The lowest BCUT2D eigenvalue weighted by atomic mass is 10.0. The molecule has 0 saturated heterocycles. The van der Waals surface area contributed by atoms with Crippen LogP contribution in [0.1, 0.15) is 37.4 Å². The van der Waals surface area contributed by atoms with Crippen LogP contribution in [0.5, 0.6) is 5.75 Å². The number of rotatable bonds is 3. The average molecular weight is 240 g/mol. The Hall–Kier alpha value is -0.730. The van der Waals surface area contributed by atoms with Gasteiger partial charge in [-0.2, -0.15) is 0 Å². The van der Waals surface area contributed by atoms with E-state index in [4.69, 9.17) is 16.3 Å². The van der Waals surface area contributed by atoms with Gasteiger partial charge in [0.2, 0.25) is 0 Å². The molecule has 2 nitrogen and oxygen atoms in total. The molecule has 0 amide bonds. The highest BCUT2D eigenvalue weighted by atomic mass is 35.5. The summed E-state index contributed by atoms with van der Waals surface area (Å²) < 4.78 is 5.99. The fourth-order valence-electron chi connectivity index (χ4n) is 2.35. The molecule has 88 valence electrons. The van der Waals surface area contributed by atoms with Crippen LogP contribution in [0.25, 0.3) is 0 Å². The summed E-state index contributed by atoms with van der Waals surface area (Å²) in [6, 6.07) is 4.26. The smallest absolute Gasteiger partial charge is 0.127 e. The van der Waals surface area contributed by atoms with Crippen molar-refractivity contribution in [3.8, 4) is 5.75 Å². The number of likely N-dealkylation sites (N-methyl/N-ethyl adjacent to an activating group) is 1. The lowest BCUT2D eigenvalue weighted by Gasteiger charge is -2.17. The topological polar surface area (TPSA) is 21.3 Å². The van der Waals surface area contributed by atoms with E-state index in [0.717, 1.165) is 29.3 Å². The molecule has 0 radical (unpaired) electrons. The fourth-order valence-corrected chi connectivity index (χ4v) is 2.63. The van der Waals surface area contributed by atoms with Gasteiger partial charge in [0.1, 0.15) is 11.9 Å². The molecule has 0 fully saturated rings. The van der Waals surface area contributed by atoms with Gasteiger partial charge >= 0.3 is 0 Å². The molecule has 1 aliphatic rings. The Morgan fingerprint density at radius 1 is 1.38 bits per heavy atom. The van der Waals surface area contributed by atoms with E-state index in [2.05, 4.69) is 19.2 Å². The van der Waals surface area contributed by atoms with Gasteiger partial charge in [-0.3, -0.25) is 0 Å². The molecule has 16 heavy (non-hydrogen) atoms. The fraction of sp³-hybridized carbons (Fsp3) is 0.538. The predicted molar refractivity (Wildman–Crippen MR) is 67.3 cm³/mol. The molecule has 0 spiro atoms. The van der Waals surface area contributed by atoms with E-state index in [0.29, 0.717) is 0 Å². The number of benzene rings is 1. The van der Waals surface area contributed by atoms with Crippen LogP contribution in [-0.4, -0.2) is 12.6 Å². The van der Waals surface area contributed by atoms with Crippen LogP contribution < -0.4 is 10.1 Å². The number of hydrogen-bond donors (Lipinski definition) is 1. The summed E-state index contributed by atoms with van der Waals surface area (Å²) in [7, 11) is 0. The van der Waals surface area contributed by atoms with Crippen molar-refractivity contribution in [2.45, 2.75) is 39.3 Å². The largest absolute Gasteiger partial charge is 0.488 e. The summed E-state index contributed by atoms with van der Waals surface area (Å²) in [6.45, 7) is 7.25. The molecule has 0 bridgehead atoms. The molecule has 1 heterocycles. The number of hydrogen-bond acceptors (Lipinski definition) is 2. The predicted octanol–water partition coefficient (Wildman–Crippen LogP) is 3.47. The Kier molecular flexibility index (Phi) is 3.41. The molecule has 1 aromatic rings. The SMILES string of the molecule is CCNC1c2cc(Cl)cc(C)c2OC1CC. The molecule has 2 rings (SSSR count). The third kappa shape index (κ3) is 1.92. The normalized spacial score (nSPS) is 23.0. The van der Waals surface area contributed by atoms with Gasteiger partial charge in [0, 0.05) is 10.6 Å². The zero-order valence-electron chi connectivity index (χ0n) is 10.0. The standard InChI is InChI=1S/C13H18ClNO/c1-4-11-12(15-5-2)10-7-9(14)6-8(3)13(10)16-11/h6-7,11-12,15H,4-5H2,1-3H3. The van der Waals surface area contributed by atoms with Gasteiger partial charge in [0.25, 0.3) is 0 Å². The van der Waals surface area contributed by atoms with Crippen LogP contribution in [0.15, 0.2) is 12.1 Å². The second-order valence-electron chi connectivity index (χ2n) is 4.24. The first-order chi connectivity index (χ1) is 7.67. The van der Waals surface area contributed by atoms with Crippen LogP contribution in [0.2, 0.25) is 5.02 Å². The summed E-state index contributed by atoms with van der Waals surface area (Å²) in [4.78, 5) is 0. The molecule has 0 aromatic heterocycles. The molecule has 2 atom stereocenters. The van der Waals surface area contributed by atoms with Gasteiger partial charge in [-0.15, -0.1) is 0 Å². The third-order valence-corrected chi connectivity index (χ3v) is 3.29. The lowest BCUT2D eigenvalue weighted by molar-refractivity contribution is 0.185. The maximum Gasteiger partial charge on any atom is 0.127 e. The Balaban J connectivity index is 2.41. The van der Waals surface area contributed by atoms with Crippen LogP contribution in [0.4, 0.5) is 0 Å². The first kappa shape index (κ1) is 11.7.